The predicted octanol–water partition coefficient (Wildman–Crippen LogP) is 5.07. The first-order valence-corrected chi connectivity index (χ1v) is 19.3. The fourth-order valence-corrected chi connectivity index (χ4v) is 5.51. The van der Waals surface area contributed by atoms with Crippen LogP contribution in [0.2, 0.25) is 0 Å². The largest absolute Gasteiger partial charge is 0.346 e. The monoisotopic (exact) mass is 742 g/mol. The molecule has 13 nitrogen and oxygen atoms in total. The van der Waals surface area contributed by atoms with E-state index in [4.69, 9.17) is 0 Å². The number of carbonyl (C=O) groups is 6. The Morgan fingerprint density at radius 1 is 0.863 bits per heavy atom. The lowest BCUT2D eigenvalue weighted by Crippen LogP contribution is -2.63. The number of hydrogen-bond acceptors (Lipinski definition) is 9. The van der Waals surface area contributed by atoms with Crippen molar-refractivity contribution in [3.63, 3.8) is 0 Å². The topological polar surface area (TPSA) is 160 Å². The second kappa shape index (κ2) is 25.1. The summed E-state index contributed by atoms with van der Waals surface area (Å²) in [5, 5.41) is 12.9. The number of carbonyl (C=O) groups excluding carboxylic acids is 6. The lowest BCUT2D eigenvalue weighted by atomic mass is 9.85. The molecule has 14 heteroatoms. The summed E-state index contributed by atoms with van der Waals surface area (Å²) in [5.74, 6) is -2.56. The van der Waals surface area contributed by atoms with Crippen molar-refractivity contribution < 1.29 is 28.8 Å². The van der Waals surface area contributed by atoms with Gasteiger partial charge in [0.25, 0.3) is 5.91 Å². The van der Waals surface area contributed by atoms with Crippen molar-refractivity contribution in [3.8, 4) is 0 Å². The van der Waals surface area contributed by atoms with E-state index in [0.29, 0.717) is 25.9 Å². The van der Waals surface area contributed by atoms with Crippen LogP contribution in [-0.2, 0) is 24.0 Å². The van der Waals surface area contributed by atoms with Gasteiger partial charge in [-0.1, -0.05) is 102 Å². The summed E-state index contributed by atoms with van der Waals surface area (Å²) in [4.78, 5) is 77.8. The van der Waals surface area contributed by atoms with Crippen molar-refractivity contribution in [1.29, 1.82) is 0 Å². The molecule has 0 spiro atoms. The first-order chi connectivity index (χ1) is 23.7. The summed E-state index contributed by atoms with van der Waals surface area (Å²) in [5.41, 5.74) is -1.01. The molecule has 4 unspecified atom stereocenters. The minimum absolute atomic E-state index is 0.0155. The van der Waals surface area contributed by atoms with Crippen LogP contribution < -0.4 is 21.3 Å². The number of Topliss-reactive ketones (excluding diaryl/α,β-unsaturated/α-hetero) is 1. The normalized spacial score (nSPS) is 17.5. The average molecular weight is 742 g/mol. The number of ketones is 1. The van der Waals surface area contributed by atoms with Crippen LogP contribution in [0.4, 0.5) is 4.79 Å². The van der Waals surface area contributed by atoms with E-state index in [2.05, 4.69) is 55.5 Å². The summed E-state index contributed by atoms with van der Waals surface area (Å²) in [6, 6.07) is -3.68. The Morgan fingerprint density at radius 3 is 1.84 bits per heavy atom. The van der Waals surface area contributed by atoms with Crippen LogP contribution >= 0.6 is 11.9 Å². The molecule has 2 heterocycles. The number of hydrazine groups is 1. The van der Waals surface area contributed by atoms with Crippen LogP contribution in [0.3, 0.4) is 0 Å². The molecule has 5 amide bonds. The Morgan fingerprint density at radius 2 is 1.41 bits per heavy atom. The smallest absolute Gasteiger partial charge is 0.315 e. The highest BCUT2D eigenvalue weighted by Crippen LogP contribution is 2.28. The third kappa shape index (κ3) is 18.4. The number of nitrogens with zero attached hydrogens (tertiary/aromatic N) is 3. The van der Waals surface area contributed by atoms with E-state index in [-0.39, 0.29) is 23.1 Å². The molecule has 4 N–H and O–H groups in total. The number of nitrogens with one attached hydrogen (secondary N) is 4. The van der Waals surface area contributed by atoms with Crippen LogP contribution in [0.5, 0.6) is 0 Å². The van der Waals surface area contributed by atoms with Gasteiger partial charge < -0.3 is 26.2 Å². The highest BCUT2D eigenvalue weighted by molar-refractivity contribution is 8.11. The van der Waals surface area contributed by atoms with E-state index < -0.39 is 53.1 Å². The molecule has 51 heavy (non-hydrogen) atoms. The minimum atomic E-state index is -1.08. The van der Waals surface area contributed by atoms with Crippen molar-refractivity contribution in [2.45, 2.75) is 147 Å². The van der Waals surface area contributed by atoms with Gasteiger partial charge in [0.2, 0.25) is 22.7 Å². The van der Waals surface area contributed by atoms with E-state index in [1.807, 2.05) is 64.8 Å². The summed E-state index contributed by atoms with van der Waals surface area (Å²) in [6.45, 7) is 32.9. The zero-order chi connectivity index (χ0) is 40.1. The number of likely N-dealkylation sites (tertiary alicyclic amines) is 1. The number of urea groups is 1. The van der Waals surface area contributed by atoms with Gasteiger partial charge in [0.05, 0.1) is 6.04 Å². The van der Waals surface area contributed by atoms with Gasteiger partial charge in [-0.25, -0.2) is 9.80 Å². The van der Waals surface area contributed by atoms with E-state index in [0.717, 1.165) is 25.0 Å². The van der Waals surface area contributed by atoms with Crippen molar-refractivity contribution in [2.24, 2.45) is 10.8 Å². The Kier molecular flexibility index (Phi) is 24.7. The summed E-state index contributed by atoms with van der Waals surface area (Å²) >= 11 is 1.13. The first kappa shape index (κ1) is 50.1. The number of amides is 5. The first-order valence-electron chi connectivity index (χ1n) is 18.5. The minimum Gasteiger partial charge on any atom is -0.346 e. The lowest BCUT2D eigenvalue weighted by molar-refractivity contribution is -0.143. The standard InChI is InChI=1S/C29H49N7O6S.2C3H8.C2H6/c1-10-13-30-25(40)22(38)18(2)31-24(39)20-12-11-14-35(20)26(41)23(29(7,8)9)33-27(42)32-21(28(4,5)6)17-34-15-16-36(34)43-19(3)37;2*1-3-2;1-2/h10,18,20-21,23H,1,11-17H2,2-9H3,(H,30,40)(H,31,39)(H2,32,33,42);2*3H2,1-2H3;1-2H3. The van der Waals surface area contributed by atoms with Gasteiger partial charge in [-0.05, 0) is 30.6 Å². The maximum Gasteiger partial charge on any atom is 0.315 e. The second-order valence-electron chi connectivity index (χ2n) is 14.6. The molecule has 4 atom stereocenters. The van der Waals surface area contributed by atoms with Gasteiger partial charge in [0, 0.05) is 57.6 Å². The van der Waals surface area contributed by atoms with Crippen molar-refractivity contribution in [2.75, 3.05) is 32.7 Å². The van der Waals surface area contributed by atoms with Crippen molar-refractivity contribution >= 4 is 46.6 Å². The van der Waals surface area contributed by atoms with E-state index in [1.54, 1.807) is 0 Å². The van der Waals surface area contributed by atoms with Crippen LogP contribution in [0.25, 0.3) is 0 Å². The molecular formula is C37H71N7O6S. The molecule has 0 saturated carbocycles. The maximum absolute atomic E-state index is 13.9. The SMILES string of the molecule is C=CCNC(=O)C(=O)C(C)NC(=O)C1CCCN1C(=O)C(NC(=O)NC(CN1CCN1SC(C)=O)C(C)(C)C)C(C)(C)C.CC.CCC.CCC. The number of hydrogen-bond donors (Lipinski definition) is 4. The molecule has 2 fully saturated rings. The molecule has 0 aromatic heterocycles. The number of rotatable bonds is 12. The highest BCUT2D eigenvalue weighted by Gasteiger charge is 2.43. The van der Waals surface area contributed by atoms with Gasteiger partial charge in [-0.3, -0.25) is 24.0 Å². The molecule has 2 aliphatic heterocycles. The van der Waals surface area contributed by atoms with Crippen LogP contribution in [0.1, 0.15) is 123 Å². The van der Waals surface area contributed by atoms with Crippen LogP contribution in [-0.4, -0.2) is 106 Å². The summed E-state index contributed by atoms with van der Waals surface area (Å²) in [7, 11) is 0. The molecule has 2 aliphatic rings. The zero-order valence-corrected chi connectivity index (χ0v) is 35.0. The Bertz CT molecular complexity index is 1120. The quantitative estimate of drug-likeness (QED) is 0.122. The van der Waals surface area contributed by atoms with Gasteiger partial charge in [-0.2, -0.15) is 4.41 Å². The lowest BCUT2D eigenvalue weighted by Gasteiger charge is -2.46. The third-order valence-corrected chi connectivity index (χ3v) is 8.33. The summed E-state index contributed by atoms with van der Waals surface area (Å²) < 4.78 is 1.88. The average Bonchev–Trinajstić information content (AvgIpc) is 3.53. The third-order valence-electron chi connectivity index (χ3n) is 7.45. The van der Waals surface area contributed by atoms with Crippen LogP contribution in [0.15, 0.2) is 12.7 Å². The Labute approximate surface area is 313 Å². The van der Waals surface area contributed by atoms with Crippen molar-refractivity contribution in [1.82, 2.24) is 35.6 Å². The van der Waals surface area contributed by atoms with Gasteiger partial charge in [-0.15, -0.1) is 6.58 Å². The molecule has 2 saturated heterocycles. The molecular weight excluding hydrogens is 671 g/mol. The molecule has 0 radical (unpaired) electrons. The van der Waals surface area contributed by atoms with Crippen molar-refractivity contribution in [3.05, 3.63) is 12.7 Å². The fraction of sp³-hybridized carbons (Fsp3) is 0.784. The van der Waals surface area contributed by atoms with Gasteiger partial charge >= 0.3 is 6.03 Å². The van der Waals surface area contributed by atoms with E-state index in [9.17, 15) is 28.8 Å². The molecule has 0 aromatic carbocycles. The van der Waals surface area contributed by atoms with Gasteiger partial charge in [0.1, 0.15) is 12.1 Å². The molecule has 0 aliphatic carbocycles. The maximum atomic E-state index is 13.9. The van der Waals surface area contributed by atoms with Gasteiger partial charge in [0.15, 0.2) is 0 Å². The Hall–Kier alpha value is -2.97. The second-order valence-corrected chi connectivity index (χ2v) is 15.8. The molecule has 2 rings (SSSR count). The predicted molar refractivity (Wildman–Crippen MR) is 209 cm³/mol. The van der Waals surface area contributed by atoms with E-state index >= 15 is 0 Å². The zero-order valence-electron chi connectivity index (χ0n) is 34.2. The molecule has 296 valence electrons. The van der Waals surface area contributed by atoms with E-state index in [1.165, 1.54) is 37.7 Å². The summed E-state index contributed by atoms with van der Waals surface area (Å²) in [6.07, 6.45) is 4.90. The van der Waals surface area contributed by atoms with Crippen LogP contribution in [0, 0.1) is 10.8 Å². The Balaban J connectivity index is 0. The molecule has 0 bridgehead atoms. The molecule has 0 aromatic rings. The fourth-order valence-electron chi connectivity index (χ4n) is 4.78. The highest BCUT2D eigenvalue weighted by atomic mass is 32.2.